The van der Waals surface area contributed by atoms with Gasteiger partial charge in [0.25, 0.3) is 0 Å². The lowest BCUT2D eigenvalue weighted by molar-refractivity contribution is -0.880. The molecule has 158 valence electrons. The molecule has 0 spiro atoms. The lowest BCUT2D eigenvalue weighted by Crippen LogP contribution is -3.12. The summed E-state index contributed by atoms with van der Waals surface area (Å²) < 4.78 is 2.11. The molecule has 3 heterocycles. The van der Waals surface area contributed by atoms with Gasteiger partial charge in [0, 0.05) is 23.2 Å². The summed E-state index contributed by atoms with van der Waals surface area (Å²) >= 11 is 0. The van der Waals surface area contributed by atoms with Crippen molar-refractivity contribution in [1.29, 1.82) is 0 Å². The molecule has 1 aliphatic rings. The van der Waals surface area contributed by atoms with E-state index >= 15 is 0 Å². The van der Waals surface area contributed by atoms with E-state index in [1.807, 2.05) is 0 Å². The minimum atomic E-state index is 0.865. The fourth-order valence-corrected chi connectivity index (χ4v) is 4.66. The van der Waals surface area contributed by atoms with Gasteiger partial charge in [0.2, 0.25) is 0 Å². The molecule has 5 nitrogen and oxygen atoms in total. The Balaban J connectivity index is 1.72. The van der Waals surface area contributed by atoms with Crippen molar-refractivity contribution in [2.45, 2.75) is 20.3 Å². The molecule has 2 aromatic carbocycles. The maximum Gasteiger partial charge on any atom is 0.165 e. The van der Waals surface area contributed by atoms with Crippen molar-refractivity contribution >= 4 is 11.5 Å². The van der Waals surface area contributed by atoms with Crippen LogP contribution in [0, 0.1) is 13.8 Å². The second-order valence-corrected chi connectivity index (χ2v) is 8.67. The molecule has 0 amide bonds. The standard InChI is InChI=1S/C26H29N5/c1-19-23(18-21-10-6-4-7-11-21)26(30-16-14-29(3)15-17-30)31-25(27-19)24(20(2)28-31)22-12-8-5-9-13-22/h4-13H,14-18H2,1-3H3/p+1. The fourth-order valence-electron chi connectivity index (χ4n) is 4.66. The van der Waals surface area contributed by atoms with E-state index < -0.39 is 0 Å². The zero-order valence-corrected chi connectivity index (χ0v) is 18.6. The van der Waals surface area contributed by atoms with E-state index in [0.717, 1.165) is 55.2 Å². The van der Waals surface area contributed by atoms with Gasteiger partial charge in [0.15, 0.2) is 5.65 Å². The largest absolute Gasteiger partial charge is 0.345 e. The number of nitrogens with zero attached hydrogens (tertiary/aromatic N) is 4. The molecule has 0 aliphatic carbocycles. The van der Waals surface area contributed by atoms with Crippen molar-refractivity contribution in [2.24, 2.45) is 0 Å². The number of anilines is 1. The number of benzene rings is 2. The van der Waals surface area contributed by atoms with E-state index in [2.05, 4.69) is 91.0 Å². The van der Waals surface area contributed by atoms with Gasteiger partial charge in [-0.3, -0.25) is 0 Å². The minimum Gasteiger partial charge on any atom is -0.345 e. The molecular weight excluding hydrogens is 382 g/mol. The van der Waals surface area contributed by atoms with Gasteiger partial charge in [-0.2, -0.15) is 9.61 Å². The second-order valence-electron chi connectivity index (χ2n) is 8.67. The van der Waals surface area contributed by atoms with Crippen LogP contribution in [0.4, 0.5) is 5.82 Å². The summed E-state index contributed by atoms with van der Waals surface area (Å²) in [4.78, 5) is 9.22. The molecule has 4 aromatic rings. The van der Waals surface area contributed by atoms with Crippen LogP contribution >= 0.6 is 0 Å². The van der Waals surface area contributed by atoms with E-state index in [1.54, 1.807) is 4.90 Å². The molecule has 0 saturated carbocycles. The van der Waals surface area contributed by atoms with Gasteiger partial charge in [-0.15, -0.1) is 0 Å². The zero-order chi connectivity index (χ0) is 21.4. The van der Waals surface area contributed by atoms with Crippen molar-refractivity contribution in [3.05, 3.63) is 83.2 Å². The lowest BCUT2D eigenvalue weighted by Gasteiger charge is -2.33. The Morgan fingerprint density at radius 2 is 1.52 bits per heavy atom. The number of rotatable bonds is 4. The van der Waals surface area contributed by atoms with Crippen LogP contribution in [0.25, 0.3) is 16.8 Å². The number of piperazine rings is 1. The van der Waals surface area contributed by atoms with Crippen LogP contribution in [0.15, 0.2) is 60.7 Å². The van der Waals surface area contributed by atoms with Crippen molar-refractivity contribution in [3.63, 3.8) is 0 Å². The summed E-state index contributed by atoms with van der Waals surface area (Å²) in [5.41, 5.74) is 7.97. The molecule has 0 bridgehead atoms. The van der Waals surface area contributed by atoms with Crippen LogP contribution < -0.4 is 9.80 Å². The topological polar surface area (TPSA) is 37.9 Å². The number of hydrogen-bond acceptors (Lipinski definition) is 3. The maximum absolute atomic E-state index is 5.11. The molecule has 2 aromatic heterocycles. The van der Waals surface area contributed by atoms with Crippen LogP contribution in [-0.4, -0.2) is 47.8 Å². The highest BCUT2D eigenvalue weighted by atomic mass is 15.4. The highest BCUT2D eigenvalue weighted by molar-refractivity contribution is 5.81. The Hall–Kier alpha value is -3.18. The van der Waals surface area contributed by atoms with Crippen LogP contribution in [0.5, 0.6) is 0 Å². The van der Waals surface area contributed by atoms with E-state index in [9.17, 15) is 0 Å². The summed E-state index contributed by atoms with van der Waals surface area (Å²) in [6, 6.07) is 21.2. The summed E-state index contributed by atoms with van der Waals surface area (Å²) in [6.07, 6.45) is 0.865. The van der Waals surface area contributed by atoms with Gasteiger partial charge in [-0.1, -0.05) is 60.7 Å². The number of nitrogens with one attached hydrogen (secondary N) is 1. The van der Waals surface area contributed by atoms with Crippen LogP contribution in [-0.2, 0) is 6.42 Å². The van der Waals surface area contributed by atoms with E-state index in [-0.39, 0.29) is 0 Å². The molecule has 5 rings (SSSR count). The van der Waals surface area contributed by atoms with E-state index in [1.165, 1.54) is 22.5 Å². The Kier molecular flexibility index (Phi) is 5.20. The Morgan fingerprint density at radius 3 is 2.19 bits per heavy atom. The first-order valence-corrected chi connectivity index (χ1v) is 11.2. The summed E-state index contributed by atoms with van der Waals surface area (Å²) in [5.74, 6) is 1.21. The third-order valence-electron chi connectivity index (χ3n) is 6.42. The summed E-state index contributed by atoms with van der Waals surface area (Å²) in [6.45, 7) is 8.59. The number of fused-ring (bicyclic) bond motifs is 1. The lowest BCUT2D eigenvalue weighted by atomic mass is 10.0. The van der Waals surface area contributed by atoms with Gasteiger partial charge < -0.3 is 9.80 Å². The Morgan fingerprint density at radius 1 is 0.871 bits per heavy atom. The Labute approximate surface area is 184 Å². The molecule has 0 unspecified atom stereocenters. The third kappa shape index (κ3) is 3.70. The Bertz CT molecular complexity index is 1190. The maximum atomic E-state index is 5.11. The van der Waals surface area contributed by atoms with Gasteiger partial charge in [-0.05, 0) is 25.0 Å². The predicted molar refractivity (Wildman–Crippen MR) is 126 cm³/mol. The quantitative estimate of drug-likeness (QED) is 0.560. The first-order valence-electron chi connectivity index (χ1n) is 11.2. The highest BCUT2D eigenvalue weighted by Crippen LogP contribution is 2.33. The first kappa shape index (κ1) is 19.8. The first-order chi connectivity index (χ1) is 15.1. The normalized spacial score (nSPS) is 15.0. The molecule has 1 aliphatic heterocycles. The number of aromatic nitrogens is 3. The summed E-state index contributed by atoms with van der Waals surface area (Å²) in [7, 11) is 2.28. The van der Waals surface area contributed by atoms with Gasteiger partial charge in [-0.25, -0.2) is 4.98 Å². The fraction of sp³-hybridized carbons (Fsp3) is 0.308. The van der Waals surface area contributed by atoms with Crippen LogP contribution in [0.1, 0.15) is 22.5 Å². The van der Waals surface area contributed by atoms with Crippen molar-refractivity contribution in [1.82, 2.24) is 14.6 Å². The number of hydrogen-bond donors (Lipinski definition) is 1. The number of likely N-dealkylation sites (N-methyl/N-ethyl adjacent to an activating group) is 1. The average Bonchev–Trinajstić information content (AvgIpc) is 3.11. The predicted octanol–water partition coefficient (Wildman–Crippen LogP) is 2.94. The highest BCUT2D eigenvalue weighted by Gasteiger charge is 2.26. The smallest absolute Gasteiger partial charge is 0.165 e. The van der Waals surface area contributed by atoms with Crippen LogP contribution in [0.3, 0.4) is 0 Å². The van der Waals surface area contributed by atoms with Crippen molar-refractivity contribution in [3.8, 4) is 11.1 Å². The SMILES string of the molecule is Cc1nc2c(-c3ccccc3)c(C)nn2c(N2CC[NH+](C)CC2)c1Cc1ccccc1. The number of quaternary nitrogens is 1. The molecule has 1 fully saturated rings. The molecule has 1 N–H and O–H groups in total. The average molecular weight is 413 g/mol. The number of aryl methyl sites for hydroxylation is 2. The van der Waals surface area contributed by atoms with Crippen LogP contribution in [0.2, 0.25) is 0 Å². The van der Waals surface area contributed by atoms with Gasteiger partial charge in [0.05, 0.1) is 38.9 Å². The van der Waals surface area contributed by atoms with Gasteiger partial charge >= 0.3 is 0 Å². The van der Waals surface area contributed by atoms with Crippen molar-refractivity contribution < 1.29 is 4.90 Å². The second kappa shape index (κ2) is 8.16. The molecule has 0 atom stereocenters. The van der Waals surface area contributed by atoms with Crippen molar-refractivity contribution in [2.75, 3.05) is 38.1 Å². The monoisotopic (exact) mass is 412 g/mol. The van der Waals surface area contributed by atoms with Gasteiger partial charge in [0.1, 0.15) is 5.82 Å². The minimum absolute atomic E-state index is 0.865. The third-order valence-corrected chi connectivity index (χ3v) is 6.42. The molecule has 31 heavy (non-hydrogen) atoms. The molecule has 1 saturated heterocycles. The van der Waals surface area contributed by atoms with E-state index in [4.69, 9.17) is 10.1 Å². The van der Waals surface area contributed by atoms with E-state index in [0.29, 0.717) is 0 Å². The summed E-state index contributed by atoms with van der Waals surface area (Å²) in [5, 5.41) is 5.03. The zero-order valence-electron chi connectivity index (χ0n) is 18.6. The molecule has 0 radical (unpaired) electrons. The molecule has 5 heteroatoms. The molecular formula is C26H30N5+.